The van der Waals surface area contributed by atoms with E-state index in [0.29, 0.717) is 17.1 Å². The number of piperidine rings is 1. The van der Waals surface area contributed by atoms with Crippen molar-refractivity contribution < 1.29 is 0 Å². The Labute approximate surface area is 146 Å². The number of nitrogens with zero attached hydrogens (tertiary/aromatic N) is 4. The van der Waals surface area contributed by atoms with Gasteiger partial charge in [-0.2, -0.15) is 0 Å². The predicted octanol–water partition coefficient (Wildman–Crippen LogP) is 4.42. The van der Waals surface area contributed by atoms with Gasteiger partial charge < -0.3 is 9.47 Å². The number of rotatable bonds is 2. The molecular formula is C19H19ClN4. The van der Waals surface area contributed by atoms with Gasteiger partial charge in [-0.1, -0.05) is 23.7 Å². The highest BCUT2D eigenvalue weighted by atomic mass is 35.5. The van der Waals surface area contributed by atoms with Gasteiger partial charge in [-0.15, -0.1) is 0 Å². The maximum Gasteiger partial charge on any atom is 0.142 e. The van der Waals surface area contributed by atoms with Gasteiger partial charge >= 0.3 is 0 Å². The van der Waals surface area contributed by atoms with Crippen molar-refractivity contribution in [3.8, 4) is 11.4 Å². The molecule has 5 rings (SSSR count). The molecule has 0 spiro atoms. The van der Waals surface area contributed by atoms with Crippen molar-refractivity contribution in [1.29, 1.82) is 0 Å². The lowest BCUT2D eigenvalue weighted by Gasteiger charge is -2.53. The van der Waals surface area contributed by atoms with Crippen molar-refractivity contribution in [1.82, 2.24) is 14.5 Å². The van der Waals surface area contributed by atoms with Gasteiger partial charge in [0.15, 0.2) is 0 Å². The van der Waals surface area contributed by atoms with Crippen molar-refractivity contribution in [2.75, 3.05) is 4.90 Å². The molecule has 122 valence electrons. The van der Waals surface area contributed by atoms with Gasteiger partial charge in [0.2, 0.25) is 0 Å². The summed E-state index contributed by atoms with van der Waals surface area (Å²) in [6, 6.07) is 11.6. The number of hydrogen-bond donors (Lipinski definition) is 0. The molecule has 2 saturated heterocycles. The first-order valence-corrected chi connectivity index (χ1v) is 8.96. The molecule has 24 heavy (non-hydrogen) atoms. The largest absolute Gasteiger partial charge is 0.350 e. The topological polar surface area (TPSA) is 34.0 Å². The molecule has 2 fully saturated rings. The van der Waals surface area contributed by atoms with Gasteiger partial charge in [0.1, 0.15) is 11.6 Å². The molecule has 3 aromatic rings. The van der Waals surface area contributed by atoms with E-state index in [1.807, 2.05) is 25.2 Å². The van der Waals surface area contributed by atoms with E-state index < -0.39 is 0 Å². The minimum atomic E-state index is 0.655. The molecular weight excluding hydrogens is 320 g/mol. The summed E-state index contributed by atoms with van der Waals surface area (Å²) in [7, 11) is 2.04. The number of benzene rings is 1. The second kappa shape index (κ2) is 5.21. The molecule has 0 radical (unpaired) electrons. The fraction of sp³-hybridized carbons (Fsp3) is 0.368. The highest BCUT2D eigenvalue weighted by Gasteiger charge is 2.42. The standard InChI is InChI=1S/C19H19ClN4/c1-23-17-8-3-2-7-16(17)22-19(23)14-10-18(21-11-15(14)20)24-12-5-4-6-13(24)9-12/h2-3,7-8,10-13H,4-6,9H2,1H3/t12-,13+. The van der Waals surface area contributed by atoms with E-state index in [0.717, 1.165) is 28.2 Å². The average Bonchev–Trinajstić information content (AvgIpc) is 2.94. The van der Waals surface area contributed by atoms with Gasteiger partial charge in [0.25, 0.3) is 0 Å². The third-order valence-corrected chi connectivity index (χ3v) is 5.84. The first-order valence-electron chi connectivity index (χ1n) is 8.58. The SMILES string of the molecule is Cn1c(-c2cc(N3[C@@H]4CCC[C@H]3C4)ncc2Cl)nc2ccccc21. The number of fused-ring (bicyclic) bond motifs is 3. The Morgan fingerprint density at radius 2 is 1.96 bits per heavy atom. The van der Waals surface area contributed by atoms with Crippen LogP contribution in [0.2, 0.25) is 5.02 Å². The van der Waals surface area contributed by atoms with Crippen molar-refractivity contribution in [2.24, 2.45) is 7.05 Å². The lowest BCUT2D eigenvalue weighted by atomic mass is 9.80. The fourth-order valence-electron chi connectivity index (χ4n) is 4.31. The second-order valence-corrected chi connectivity index (χ2v) is 7.29. The number of halogens is 1. The zero-order valence-electron chi connectivity index (χ0n) is 13.6. The van der Waals surface area contributed by atoms with Crippen LogP contribution in [0.3, 0.4) is 0 Å². The minimum Gasteiger partial charge on any atom is -0.350 e. The summed E-state index contributed by atoms with van der Waals surface area (Å²) in [5.74, 6) is 1.94. The molecule has 2 atom stereocenters. The zero-order chi connectivity index (χ0) is 16.3. The van der Waals surface area contributed by atoms with Crippen LogP contribution in [0.25, 0.3) is 22.4 Å². The summed E-state index contributed by atoms with van der Waals surface area (Å²) < 4.78 is 2.11. The second-order valence-electron chi connectivity index (χ2n) is 6.89. The number of pyridine rings is 1. The van der Waals surface area contributed by atoms with E-state index in [1.165, 1.54) is 25.7 Å². The highest BCUT2D eigenvalue weighted by molar-refractivity contribution is 6.33. The number of aromatic nitrogens is 3. The molecule has 1 aromatic carbocycles. The van der Waals surface area contributed by atoms with Crippen LogP contribution in [0.4, 0.5) is 5.82 Å². The first-order chi connectivity index (χ1) is 11.7. The molecule has 0 amide bonds. The Bertz CT molecular complexity index is 918. The van der Waals surface area contributed by atoms with Crippen molar-refractivity contribution >= 4 is 28.5 Å². The van der Waals surface area contributed by atoms with Gasteiger partial charge in [-0.25, -0.2) is 9.97 Å². The van der Waals surface area contributed by atoms with Crippen molar-refractivity contribution in [2.45, 2.75) is 37.8 Å². The summed E-state index contributed by atoms with van der Waals surface area (Å²) >= 11 is 6.48. The van der Waals surface area contributed by atoms with Crippen LogP contribution in [0.1, 0.15) is 25.7 Å². The smallest absolute Gasteiger partial charge is 0.142 e. The van der Waals surface area contributed by atoms with Crippen LogP contribution in [0, 0.1) is 0 Å². The summed E-state index contributed by atoms with van der Waals surface area (Å²) in [6.07, 6.45) is 6.99. The number of hydrogen-bond acceptors (Lipinski definition) is 3. The summed E-state index contributed by atoms with van der Waals surface area (Å²) in [5.41, 5.74) is 3.07. The fourth-order valence-corrected chi connectivity index (χ4v) is 4.49. The van der Waals surface area contributed by atoms with Crippen molar-refractivity contribution in [3.05, 3.63) is 41.6 Å². The van der Waals surface area contributed by atoms with E-state index in [4.69, 9.17) is 16.6 Å². The Morgan fingerprint density at radius 3 is 2.71 bits per heavy atom. The molecule has 2 aliphatic heterocycles. The molecule has 5 heteroatoms. The molecule has 2 bridgehead atoms. The molecule has 0 unspecified atom stereocenters. The molecule has 4 nitrogen and oxygen atoms in total. The molecule has 2 aromatic heterocycles. The van der Waals surface area contributed by atoms with Crippen LogP contribution >= 0.6 is 11.6 Å². The number of imidazole rings is 1. The molecule has 2 aliphatic rings. The van der Waals surface area contributed by atoms with E-state index in [9.17, 15) is 0 Å². The molecule has 4 heterocycles. The molecule has 0 N–H and O–H groups in total. The van der Waals surface area contributed by atoms with E-state index >= 15 is 0 Å². The summed E-state index contributed by atoms with van der Waals surface area (Å²) in [6.45, 7) is 0. The van der Waals surface area contributed by atoms with E-state index in [1.54, 1.807) is 6.20 Å². The molecule has 0 saturated carbocycles. The number of aryl methyl sites for hydroxylation is 1. The quantitative estimate of drug-likeness (QED) is 0.693. The lowest BCUT2D eigenvalue weighted by Crippen LogP contribution is -2.59. The maximum atomic E-state index is 6.48. The van der Waals surface area contributed by atoms with Crippen LogP contribution in [0.15, 0.2) is 36.5 Å². The average molecular weight is 339 g/mol. The van der Waals surface area contributed by atoms with Crippen molar-refractivity contribution in [3.63, 3.8) is 0 Å². The Kier molecular flexibility index (Phi) is 3.10. The van der Waals surface area contributed by atoms with Crippen LogP contribution < -0.4 is 4.90 Å². The summed E-state index contributed by atoms with van der Waals surface area (Å²) in [4.78, 5) is 11.9. The lowest BCUT2D eigenvalue weighted by molar-refractivity contribution is 0.241. The first kappa shape index (κ1) is 14.3. The highest BCUT2D eigenvalue weighted by Crippen LogP contribution is 2.42. The van der Waals surface area contributed by atoms with Gasteiger partial charge in [0.05, 0.1) is 16.1 Å². The zero-order valence-corrected chi connectivity index (χ0v) is 14.4. The Morgan fingerprint density at radius 1 is 1.17 bits per heavy atom. The van der Waals surface area contributed by atoms with Crippen LogP contribution in [-0.4, -0.2) is 26.6 Å². The maximum absolute atomic E-state index is 6.48. The van der Waals surface area contributed by atoms with Gasteiger partial charge in [0, 0.05) is 30.9 Å². The summed E-state index contributed by atoms with van der Waals surface area (Å²) in [5, 5.41) is 0.655. The van der Waals surface area contributed by atoms with E-state index in [-0.39, 0.29) is 0 Å². The minimum absolute atomic E-state index is 0.655. The number of anilines is 1. The van der Waals surface area contributed by atoms with Crippen LogP contribution in [0.5, 0.6) is 0 Å². The monoisotopic (exact) mass is 338 g/mol. The third kappa shape index (κ3) is 1.99. The van der Waals surface area contributed by atoms with Gasteiger partial charge in [-0.3, -0.25) is 0 Å². The Balaban J connectivity index is 1.62. The normalized spacial score (nSPS) is 22.7. The molecule has 0 aliphatic carbocycles. The predicted molar refractivity (Wildman–Crippen MR) is 97.5 cm³/mol. The number of para-hydroxylation sites is 2. The van der Waals surface area contributed by atoms with E-state index in [2.05, 4.69) is 26.6 Å². The van der Waals surface area contributed by atoms with Crippen LogP contribution in [-0.2, 0) is 7.05 Å². The van der Waals surface area contributed by atoms with Gasteiger partial charge in [-0.05, 0) is 43.9 Å². The third-order valence-electron chi connectivity index (χ3n) is 5.54. The Hall–Kier alpha value is -2.07.